The maximum absolute atomic E-state index is 12.7. The minimum absolute atomic E-state index is 0.0642. The molecule has 3 rings (SSSR count). The Bertz CT molecular complexity index is 701. The van der Waals surface area contributed by atoms with E-state index in [0.29, 0.717) is 35.3 Å². The summed E-state index contributed by atoms with van der Waals surface area (Å²) in [6, 6.07) is 10.7. The molecule has 0 unspecified atom stereocenters. The molecule has 2 aromatic rings. The number of benzene rings is 1. The van der Waals surface area contributed by atoms with Crippen LogP contribution in [0.15, 0.2) is 42.6 Å². The molecule has 1 fully saturated rings. The molecule has 1 aromatic heterocycles. The summed E-state index contributed by atoms with van der Waals surface area (Å²) in [5.74, 6) is 1.10. The molecule has 6 heteroatoms. The van der Waals surface area contributed by atoms with Crippen molar-refractivity contribution in [3.63, 3.8) is 0 Å². The van der Waals surface area contributed by atoms with Gasteiger partial charge in [-0.2, -0.15) is 0 Å². The van der Waals surface area contributed by atoms with Gasteiger partial charge in [-0.25, -0.2) is 4.98 Å². The zero-order valence-corrected chi connectivity index (χ0v) is 14.2. The number of nitrogens with zero attached hydrogens (tertiary/aromatic N) is 2. The van der Waals surface area contributed by atoms with Crippen LogP contribution < -0.4 is 9.47 Å². The maximum Gasteiger partial charge on any atom is 0.257 e. The number of ether oxygens (including phenoxy) is 2. The van der Waals surface area contributed by atoms with Gasteiger partial charge >= 0.3 is 0 Å². The summed E-state index contributed by atoms with van der Waals surface area (Å²) >= 11 is 6.02. The van der Waals surface area contributed by atoms with Crippen molar-refractivity contribution >= 4 is 17.5 Å². The lowest BCUT2D eigenvalue weighted by Gasteiger charge is -2.32. The van der Waals surface area contributed by atoms with Crippen LogP contribution >= 0.6 is 11.6 Å². The Morgan fingerprint density at radius 1 is 1.25 bits per heavy atom. The first kappa shape index (κ1) is 16.6. The number of rotatable bonds is 4. The van der Waals surface area contributed by atoms with Gasteiger partial charge < -0.3 is 14.4 Å². The number of pyridine rings is 1. The molecule has 5 nitrogen and oxygen atoms in total. The van der Waals surface area contributed by atoms with Crippen LogP contribution in [0.3, 0.4) is 0 Å². The van der Waals surface area contributed by atoms with E-state index >= 15 is 0 Å². The van der Waals surface area contributed by atoms with Gasteiger partial charge in [0.05, 0.1) is 12.7 Å². The van der Waals surface area contributed by atoms with Gasteiger partial charge in [0.2, 0.25) is 5.88 Å². The normalized spacial score (nSPS) is 15.2. The lowest BCUT2D eigenvalue weighted by Crippen LogP contribution is -2.42. The molecule has 1 aliphatic rings. The third-order valence-corrected chi connectivity index (χ3v) is 4.28. The fourth-order valence-electron chi connectivity index (χ4n) is 2.78. The van der Waals surface area contributed by atoms with Gasteiger partial charge in [0.15, 0.2) is 0 Å². The number of likely N-dealkylation sites (tertiary alicyclic amines) is 1. The number of methoxy groups -OCH3 is 1. The van der Waals surface area contributed by atoms with Gasteiger partial charge in [0.1, 0.15) is 11.9 Å². The molecular weight excluding hydrogens is 328 g/mol. The third-order valence-electron chi connectivity index (χ3n) is 4.05. The highest BCUT2D eigenvalue weighted by atomic mass is 35.5. The number of halogens is 1. The van der Waals surface area contributed by atoms with Crippen LogP contribution in [-0.2, 0) is 0 Å². The summed E-state index contributed by atoms with van der Waals surface area (Å²) in [5, 5.41) is 0.521. The molecular formula is C18H19ClN2O3. The summed E-state index contributed by atoms with van der Waals surface area (Å²) < 4.78 is 11.1. The number of hydrogen-bond donors (Lipinski definition) is 0. The second kappa shape index (κ2) is 7.53. The smallest absolute Gasteiger partial charge is 0.257 e. The largest absolute Gasteiger partial charge is 0.496 e. The summed E-state index contributed by atoms with van der Waals surface area (Å²) in [5.41, 5.74) is 0.495. The van der Waals surface area contributed by atoms with E-state index in [4.69, 9.17) is 21.1 Å². The molecule has 1 aromatic carbocycles. The Hall–Kier alpha value is -2.27. The van der Waals surface area contributed by atoms with Crippen molar-refractivity contribution < 1.29 is 14.3 Å². The number of aromatic nitrogens is 1. The van der Waals surface area contributed by atoms with Crippen molar-refractivity contribution in [3.05, 3.63) is 53.2 Å². The predicted molar refractivity (Wildman–Crippen MR) is 91.8 cm³/mol. The van der Waals surface area contributed by atoms with E-state index in [9.17, 15) is 4.79 Å². The molecule has 0 aliphatic carbocycles. The van der Waals surface area contributed by atoms with E-state index in [1.54, 1.807) is 31.5 Å². The summed E-state index contributed by atoms with van der Waals surface area (Å²) in [6.45, 7) is 1.26. The number of amides is 1. The monoisotopic (exact) mass is 346 g/mol. The molecule has 0 spiro atoms. The first-order chi connectivity index (χ1) is 11.7. The Morgan fingerprint density at radius 2 is 2.04 bits per heavy atom. The third kappa shape index (κ3) is 3.79. The number of hydrogen-bond acceptors (Lipinski definition) is 4. The van der Waals surface area contributed by atoms with Crippen LogP contribution in [0.1, 0.15) is 23.2 Å². The van der Waals surface area contributed by atoms with E-state index in [1.165, 1.54) is 0 Å². The molecule has 0 radical (unpaired) electrons. The van der Waals surface area contributed by atoms with Crippen molar-refractivity contribution in [1.82, 2.24) is 9.88 Å². The van der Waals surface area contributed by atoms with Crippen molar-refractivity contribution in [2.45, 2.75) is 18.9 Å². The molecule has 0 atom stereocenters. The van der Waals surface area contributed by atoms with E-state index in [2.05, 4.69) is 4.98 Å². The molecule has 0 bridgehead atoms. The average molecular weight is 347 g/mol. The van der Waals surface area contributed by atoms with Gasteiger partial charge in [-0.1, -0.05) is 17.7 Å². The van der Waals surface area contributed by atoms with Gasteiger partial charge in [-0.05, 0) is 24.3 Å². The van der Waals surface area contributed by atoms with Crippen molar-refractivity contribution in [3.8, 4) is 11.6 Å². The fraction of sp³-hybridized carbons (Fsp3) is 0.333. The van der Waals surface area contributed by atoms with Crippen LogP contribution in [0.4, 0.5) is 0 Å². The minimum Gasteiger partial charge on any atom is -0.496 e. The average Bonchev–Trinajstić information content (AvgIpc) is 2.62. The van der Waals surface area contributed by atoms with Crippen molar-refractivity contribution in [2.24, 2.45) is 0 Å². The molecule has 1 amide bonds. The standard InChI is InChI=1S/C18H19ClN2O3/c1-23-16-6-5-13(19)12-15(16)18(22)21-10-7-14(8-11-21)24-17-4-2-3-9-20-17/h2-6,9,12,14H,7-8,10-11H2,1H3. The highest BCUT2D eigenvalue weighted by Gasteiger charge is 2.26. The van der Waals surface area contributed by atoms with Crippen LogP contribution in [0.25, 0.3) is 0 Å². The Morgan fingerprint density at radius 3 is 2.71 bits per heavy atom. The number of carbonyl (C=O) groups is 1. The van der Waals surface area contributed by atoms with Crippen LogP contribution in [0, 0.1) is 0 Å². The molecule has 24 heavy (non-hydrogen) atoms. The SMILES string of the molecule is COc1ccc(Cl)cc1C(=O)N1CCC(Oc2ccccn2)CC1. The van der Waals surface area contributed by atoms with Gasteiger partial charge in [0, 0.05) is 43.2 Å². The maximum atomic E-state index is 12.7. The molecule has 1 saturated heterocycles. The highest BCUT2D eigenvalue weighted by molar-refractivity contribution is 6.31. The summed E-state index contributed by atoms with van der Waals surface area (Å²) in [7, 11) is 1.55. The van der Waals surface area contributed by atoms with Crippen LogP contribution in [0.2, 0.25) is 5.02 Å². The fourth-order valence-corrected chi connectivity index (χ4v) is 2.95. The van der Waals surface area contributed by atoms with Crippen LogP contribution in [0.5, 0.6) is 11.6 Å². The second-order valence-corrected chi connectivity index (χ2v) is 6.06. The summed E-state index contributed by atoms with van der Waals surface area (Å²) in [4.78, 5) is 18.7. The van der Waals surface area contributed by atoms with Gasteiger partial charge in [0.25, 0.3) is 5.91 Å². The molecule has 0 saturated carbocycles. The Labute approximate surface area is 146 Å². The predicted octanol–water partition coefficient (Wildman–Crippen LogP) is 3.43. The zero-order valence-electron chi connectivity index (χ0n) is 13.4. The first-order valence-electron chi connectivity index (χ1n) is 7.88. The lowest BCUT2D eigenvalue weighted by molar-refractivity contribution is 0.0585. The van der Waals surface area contributed by atoms with E-state index in [-0.39, 0.29) is 12.0 Å². The number of piperidine rings is 1. The molecule has 1 aliphatic heterocycles. The quantitative estimate of drug-likeness (QED) is 0.851. The number of carbonyl (C=O) groups excluding carboxylic acids is 1. The van der Waals surface area contributed by atoms with Crippen molar-refractivity contribution in [1.29, 1.82) is 0 Å². The Kier molecular flexibility index (Phi) is 5.20. The van der Waals surface area contributed by atoms with E-state index < -0.39 is 0 Å². The topological polar surface area (TPSA) is 51.7 Å². The van der Waals surface area contributed by atoms with E-state index in [1.807, 2.05) is 23.1 Å². The lowest BCUT2D eigenvalue weighted by atomic mass is 10.1. The molecule has 126 valence electrons. The van der Waals surface area contributed by atoms with Crippen molar-refractivity contribution in [2.75, 3.05) is 20.2 Å². The van der Waals surface area contributed by atoms with Gasteiger partial charge in [-0.3, -0.25) is 4.79 Å². The summed E-state index contributed by atoms with van der Waals surface area (Å²) in [6.07, 6.45) is 3.32. The molecule has 2 heterocycles. The highest BCUT2D eigenvalue weighted by Crippen LogP contribution is 2.26. The van der Waals surface area contributed by atoms with Crippen LogP contribution in [-0.4, -0.2) is 42.1 Å². The van der Waals surface area contributed by atoms with E-state index in [0.717, 1.165) is 12.8 Å². The first-order valence-corrected chi connectivity index (χ1v) is 8.25. The Balaban J connectivity index is 1.62. The van der Waals surface area contributed by atoms with Gasteiger partial charge in [-0.15, -0.1) is 0 Å². The molecule has 0 N–H and O–H groups in total. The second-order valence-electron chi connectivity index (χ2n) is 5.62. The minimum atomic E-state index is -0.0642. The zero-order chi connectivity index (χ0) is 16.9.